The Bertz CT molecular complexity index is 1220. The largest absolute Gasteiger partial charge is 0.309 e. The summed E-state index contributed by atoms with van der Waals surface area (Å²) < 4.78 is 32.4. The lowest BCUT2D eigenvalue weighted by atomic mass is 10.00. The number of para-hydroxylation sites is 1. The Hall–Kier alpha value is -3.02. The van der Waals surface area contributed by atoms with Crippen LogP contribution in [0.2, 0.25) is 0 Å². The number of rotatable bonds is 4. The van der Waals surface area contributed by atoms with E-state index in [9.17, 15) is 13.2 Å². The fourth-order valence-electron chi connectivity index (χ4n) is 3.84. The summed E-state index contributed by atoms with van der Waals surface area (Å²) in [4.78, 5) is 13.2. The van der Waals surface area contributed by atoms with Gasteiger partial charge in [0.05, 0.1) is 23.1 Å². The van der Waals surface area contributed by atoms with Crippen LogP contribution in [0.15, 0.2) is 42.6 Å². The van der Waals surface area contributed by atoms with Gasteiger partial charge in [-0.25, -0.2) is 4.68 Å². The smallest absolute Gasteiger partial charge is 0.280 e. The number of carbonyl (C=O) groups excluding carboxylic acids is 1. The van der Waals surface area contributed by atoms with Gasteiger partial charge in [-0.2, -0.15) is 27.6 Å². The normalized spacial score (nSPS) is 21.2. The molecule has 2 N–H and O–H groups in total. The minimum absolute atomic E-state index is 0.270. The van der Waals surface area contributed by atoms with Crippen LogP contribution in [0.1, 0.15) is 29.4 Å². The predicted molar refractivity (Wildman–Crippen MR) is 116 cm³/mol. The summed E-state index contributed by atoms with van der Waals surface area (Å²) in [5, 5.41) is 11.6. The lowest BCUT2D eigenvalue weighted by Gasteiger charge is -2.36. The number of nitrogens with one attached hydrogen (secondary N) is 2. The van der Waals surface area contributed by atoms with Crippen LogP contribution in [0.4, 0.5) is 5.82 Å². The molecule has 4 rings (SSSR count). The first-order valence-electron chi connectivity index (χ1n) is 9.84. The Morgan fingerprint density at radius 1 is 1.16 bits per heavy atom. The van der Waals surface area contributed by atoms with E-state index in [-0.39, 0.29) is 6.42 Å². The lowest BCUT2D eigenvalue weighted by Crippen LogP contribution is -2.56. The average Bonchev–Trinajstić information content (AvgIpc) is 3.25. The van der Waals surface area contributed by atoms with Crippen molar-refractivity contribution in [3.05, 3.63) is 59.5 Å². The first kappa shape index (κ1) is 21.2. The van der Waals surface area contributed by atoms with Crippen molar-refractivity contribution in [2.75, 3.05) is 12.4 Å². The third-order valence-electron chi connectivity index (χ3n) is 5.38. The van der Waals surface area contributed by atoms with Crippen LogP contribution in [0, 0.1) is 13.8 Å². The van der Waals surface area contributed by atoms with Gasteiger partial charge in [0.15, 0.2) is 0 Å². The van der Waals surface area contributed by atoms with Gasteiger partial charge < -0.3 is 5.32 Å². The Morgan fingerprint density at radius 2 is 1.87 bits per heavy atom. The predicted octanol–water partition coefficient (Wildman–Crippen LogP) is 1.44. The zero-order valence-corrected chi connectivity index (χ0v) is 18.6. The van der Waals surface area contributed by atoms with Gasteiger partial charge in [-0.1, -0.05) is 18.2 Å². The fourth-order valence-corrected chi connectivity index (χ4v) is 5.10. The Morgan fingerprint density at radius 3 is 2.52 bits per heavy atom. The second-order valence-electron chi connectivity index (χ2n) is 7.69. The number of nitrogens with zero attached hydrogens (tertiary/aromatic N) is 5. The van der Waals surface area contributed by atoms with Crippen LogP contribution in [0.25, 0.3) is 5.69 Å². The first-order valence-corrected chi connectivity index (χ1v) is 11.3. The second-order valence-corrected chi connectivity index (χ2v) is 9.46. The molecule has 1 fully saturated rings. The molecule has 31 heavy (non-hydrogen) atoms. The van der Waals surface area contributed by atoms with Gasteiger partial charge in [-0.15, -0.1) is 0 Å². The van der Waals surface area contributed by atoms with Crippen molar-refractivity contribution < 1.29 is 13.2 Å². The highest BCUT2D eigenvalue weighted by Crippen LogP contribution is 2.30. The SMILES string of the molecule is Cc1cc(NC(=O)[C@H]2C[C@H](c3cn(C)nc3C)NS(=O)(=O)N2C)n(-c2ccccc2)n1. The summed E-state index contributed by atoms with van der Waals surface area (Å²) in [6, 6.07) is 9.73. The van der Waals surface area contributed by atoms with E-state index in [1.165, 1.54) is 7.05 Å². The molecule has 1 aliphatic rings. The number of likely N-dealkylation sites (N-methyl/N-ethyl adjacent to an activating group) is 1. The second kappa shape index (κ2) is 7.91. The topological polar surface area (TPSA) is 114 Å². The van der Waals surface area contributed by atoms with Gasteiger partial charge in [-0.3, -0.25) is 9.48 Å². The quantitative estimate of drug-likeness (QED) is 0.633. The van der Waals surface area contributed by atoms with Crippen LogP contribution in [-0.4, -0.2) is 51.3 Å². The van der Waals surface area contributed by atoms with E-state index in [1.807, 2.05) is 44.2 Å². The number of carbonyl (C=O) groups is 1. The van der Waals surface area contributed by atoms with Gasteiger partial charge in [0.2, 0.25) is 5.91 Å². The van der Waals surface area contributed by atoms with Gasteiger partial charge in [0.1, 0.15) is 11.9 Å². The van der Waals surface area contributed by atoms with Crippen molar-refractivity contribution in [3.63, 3.8) is 0 Å². The molecule has 3 heterocycles. The van der Waals surface area contributed by atoms with Crippen molar-refractivity contribution in [1.29, 1.82) is 0 Å². The third kappa shape index (κ3) is 4.11. The zero-order chi connectivity index (χ0) is 22.3. The van der Waals surface area contributed by atoms with Crippen LogP contribution in [0.3, 0.4) is 0 Å². The molecule has 164 valence electrons. The summed E-state index contributed by atoms with van der Waals surface area (Å²) in [6.45, 7) is 3.65. The molecule has 11 heteroatoms. The fraction of sp³-hybridized carbons (Fsp3) is 0.350. The molecular weight excluding hydrogens is 418 g/mol. The van der Waals surface area contributed by atoms with Crippen LogP contribution in [0.5, 0.6) is 0 Å². The molecule has 1 aliphatic heterocycles. The summed E-state index contributed by atoms with van der Waals surface area (Å²) in [5.74, 6) is 0.0586. The molecule has 0 unspecified atom stereocenters. The van der Waals surface area contributed by atoms with E-state index in [0.29, 0.717) is 5.82 Å². The molecule has 0 radical (unpaired) electrons. The standard InChI is InChI=1S/C20H25N7O3S/c1-13-10-19(27(22-13)15-8-6-5-7-9-15)21-20(28)18-11-17(24-31(29,30)26(18)4)16-12-25(3)23-14(16)2/h5-10,12,17-18,24H,11H2,1-4H3,(H,21,28)/t17-,18-/m1/s1. The number of aromatic nitrogens is 4. The molecule has 0 bridgehead atoms. The Balaban J connectivity index is 1.63. The van der Waals surface area contributed by atoms with Gasteiger partial charge in [0.25, 0.3) is 10.2 Å². The first-order chi connectivity index (χ1) is 14.7. The molecule has 0 aliphatic carbocycles. The summed E-state index contributed by atoms with van der Waals surface area (Å²) in [7, 11) is -0.670. The maximum atomic E-state index is 13.2. The van der Waals surface area contributed by atoms with Gasteiger partial charge in [0, 0.05) is 31.9 Å². The van der Waals surface area contributed by atoms with Crippen LogP contribution in [-0.2, 0) is 22.1 Å². The van der Waals surface area contributed by atoms with E-state index in [2.05, 4.69) is 20.2 Å². The molecular formula is C20H25N7O3S. The molecule has 1 amide bonds. The monoisotopic (exact) mass is 443 g/mol. The van der Waals surface area contributed by atoms with Crippen molar-refractivity contribution in [2.45, 2.75) is 32.4 Å². The van der Waals surface area contributed by atoms with Gasteiger partial charge in [-0.05, 0) is 32.4 Å². The zero-order valence-electron chi connectivity index (χ0n) is 17.8. The number of amides is 1. The Kier molecular flexibility index (Phi) is 5.42. The number of hydrogen-bond acceptors (Lipinski definition) is 5. The summed E-state index contributed by atoms with van der Waals surface area (Å²) in [5.41, 5.74) is 2.99. The van der Waals surface area contributed by atoms with Crippen molar-refractivity contribution >= 4 is 21.9 Å². The average molecular weight is 444 g/mol. The van der Waals surface area contributed by atoms with Crippen LogP contribution < -0.4 is 10.0 Å². The van der Waals surface area contributed by atoms with Crippen molar-refractivity contribution in [2.24, 2.45) is 7.05 Å². The minimum Gasteiger partial charge on any atom is -0.309 e. The number of benzene rings is 1. The van der Waals surface area contributed by atoms with Gasteiger partial charge >= 0.3 is 0 Å². The minimum atomic E-state index is -3.85. The number of hydrogen-bond donors (Lipinski definition) is 2. The highest BCUT2D eigenvalue weighted by Gasteiger charge is 2.41. The van der Waals surface area contributed by atoms with E-state index in [0.717, 1.165) is 26.9 Å². The van der Waals surface area contributed by atoms with Crippen LogP contribution >= 0.6 is 0 Å². The van der Waals surface area contributed by atoms with E-state index < -0.39 is 28.2 Å². The molecule has 10 nitrogen and oxygen atoms in total. The maximum Gasteiger partial charge on any atom is 0.280 e. The number of aryl methyl sites for hydroxylation is 3. The lowest BCUT2D eigenvalue weighted by molar-refractivity contribution is -0.120. The van der Waals surface area contributed by atoms with E-state index >= 15 is 0 Å². The van der Waals surface area contributed by atoms with Crippen molar-refractivity contribution in [1.82, 2.24) is 28.6 Å². The van der Waals surface area contributed by atoms with E-state index in [4.69, 9.17) is 0 Å². The molecule has 3 aromatic rings. The van der Waals surface area contributed by atoms with E-state index in [1.54, 1.807) is 28.7 Å². The molecule has 0 saturated carbocycles. The summed E-state index contributed by atoms with van der Waals surface area (Å²) in [6.07, 6.45) is 2.04. The maximum absolute atomic E-state index is 13.2. The Labute approximate surface area is 181 Å². The molecule has 1 aromatic carbocycles. The highest BCUT2D eigenvalue weighted by molar-refractivity contribution is 7.87. The van der Waals surface area contributed by atoms with Crippen molar-refractivity contribution in [3.8, 4) is 5.69 Å². The molecule has 0 spiro atoms. The third-order valence-corrected chi connectivity index (χ3v) is 6.98. The number of anilines is 1. The molecule has 1 saturated heterocycles. The summed E-state index contributed by atoms with van der Waals surface area (Å²) >= 11 is 0. The molecule has 2 atom stereocenters. The highest BCUT2D eigenvalue weighted by atomic mass is 32.2. The molecule has 2 aromatic heterocycles.